The Labute approximate surface area is 312 Å². The van der Waals surface area contributed by atoms with Gasteiger partial charge >= 0.3 is 0 Å². The molecule has 0 aliphatic heterocycles. The van der Waals surface area contributed by atoms with Gasteiger partial charge in [0.25, 0.3) is 0 Å². The number of benzene rings is 8. The zero-order valence-electron chi connectivity index (χ0n) is 29.8. The van der Waals surface area contributed by atoms with E-state index in [-0.39, 0.29) is 5.41 Å². The lowest BCUT2D eigenvalue weighted by atomic mass is 9.82. The Kier molecular flexibility index (Phi) is 6.56. The second-order valence-corrected chi connectivity index (χ2v) is 14.9. The zero-order valence-corrected chi connectivity index (χ0v) is 29.8. The molecular formula is C50H33N3O. The number of furan rings is 1. The van der Waals surface area contributed by atoms with Crippen LogP contribution in [0.4, 0.5) is 0 Å². The Balaban J connectivity index is 1.05. The van der Waals surface area contributed by atoms with Gasteiger partial charge in [-0.25, -0.2) is 15.0 Å². The first-order valence-corrected chi connectivity index (χ1v) is 18.4. The normalized spacial score (nSPS) is 13.1. The van der Waals surface area contributed by atoms with Crippen LogP contribution >= 0.6 is 0 Å². The van der Waals surface area contributed by atoms with Crippen molar-refractivity contribution in [2.24, 2.45) is 0 Å². The van der Waals surface area contributed by atoms with E-state index in [0.717, 1.165) is 49.4 Å². The number of fused-ring (bicyclic) bond motifs is 8. The quantitative estimate of drug-likeness (QED) is 0.184. The molecule has 0 bridgehead atoms. The fourth-order valence-electron chi connectivity index (χ4n) is 8.40. The second-order valence-electron chi connectivity index (χ2n) is 14.9. The highest BCUT2D eigenvalue weighted by molar-refractivity contribution is 6.05. The van der Waals surface area contributed by atoms with Gasteiger partial charge in [0.2, 0.25) is 0 Å². The number of hydrogen-bond acceptors (Lipinski definition) is 4. The summed E-state index contributed by atoms with van der Waals surface area (Å²) in [6.45, 7) is 4.60. The predicted octanol–water partition coefficient (Wildman–Crippen LogP) is 13.1. The molecule has 10 aromatic rings. The third kappa shape index (κ3) is 4.80. The summed E-state index contributed by atoms with van der Waals surface area (Å²) in [5.41, 5.74) is 11.9. The fourth-order valence-corrected chi connectivity index (χ4v) is 8.40. The third-order valence-corrected chi connectivity index (χ3v) is 11.3. The van der Waals surface area contributed by atoms with Crippen molar-refractivity contribution in [2.75, 3.05) is 0 Å². The van der Waals surface area contributed by atoms with E-state index >= 15 is 0 Å². The highest BCUT2D eigenvalue weighted by atomic mass is 16.3. The van der Waals surface area contributed by atoms with E-state index in [1.807, 2.05) is 18.2 Å². The minimum Gasteiger partial charge on any atom is -0.456 e. The number of hydrogen-bond donors (Lipinski definition) is 0. The van der Waals surface area contributed by atoms with E-state index in [2.05, 4.69) is 159 Å². The molecule has 2 aromatic heterocycles. The third-order valence-electron chi connectivity index (χ3n) is 11.3. The van der Waals surface area contributed by atoms with Crippen molar-refractivity contribution in [1.82, 2.24) is 15.0 Å². The maximum absolute atomic E-state index is 6.29. The second kappa shape index (κ2) is 11.5. The summed E-state index contributed by atoms with van der Waals surface area (Å²) in [4.78, 5) is 15.5. The van der Waals surface area contributed by atoms with Crippen molar-refractivity contribution >= 4 is 43.5 Å². The molecule has 254 valence electrons. The van der Waals surface area contributed by atoms with Crippen LogP contribution in [-0.2, 0) is 5.41 Å². The summed E-state index contributed by atoms with van der Waals surface area (Å²) < 4.78 is 6.29. The van der Waals surface area contributed by atoms with Gasteiger partial charge in [-0.15, -0.1) is 0 Å². The molecular weight excluding hydrogens is 659 g/mol. The van der Waals surface area contributed by atoms with Gasteiger partial charge in [0.1, 0.15) is 11.2 Å². The van der Waals surface area contributed by atoms with Crippen LogP contribution in [0.15, 0.2) is 168 Å². The molecule has 2 heterocycles. The van der Waals surface area contributed by atoms with E-state index < -0.39 is 0 Å². The first-order valence-electron chi connectivity index (χ1n) is 18.4. The van der Waals surface area contributed by atoms with Crippen LogP contribution in [0.1, 0.15) is 25.0 Å². The van der Waals surface area contributed by atoms with E-state index in [4.69, 9.17) is 19.4 Å². The Morgan fingerprint density at radius 3 is 1.65 bits per heavy atom. The summed E-state index contributed by atoms with van der Waals surface area (Å²) in [5.74, 6) is 1.87. The van der Waals surface area contributed by atoms with Crippen molar-refractivity contribution in [3.8, 4) is 56.4 Å². The smallest absolute Gasteiger partial charge is 0.164 e. The predicted molar refractivity (Wildman–Crippen MR) is 221 cm³/mol. The van der Waals surface area contributed by atoms with Crippen molar-refractivity contribution in [3.63, 3.8) is 0 Å². The minimum absolute atomic E-state index is 0.142. The van der Waals surface area contributed by atoms with Crippen LogP contribution in [0.5, 0.6) is 0 Å². The Morgan fingerprint density at radius 1 is 0.370 bits per heavy atom. The molecule has 0 saturated carbocycles. The van der Waals surface area contributed by atoms with E-state index in [9.17, 15) is 0 Å². The lowest BCUT2D eigenvalue weighted by Gasteiger charge is -2.21. The SMILES string of the molecule is CC1(C)c2ccccc2-c2ccc(-c3nc(-c4ccc5cc(-c6ccc7ccccc7c6)ccc5c4)nc(-c4ccc5c(c4)oc4ccccc45)n3)cc21. The summed E-state index contributed by atoms with van der Waals surface area (Å²) in [7, 11) is 0. The van der Waals surface area contributed by atoms with Crippen LogP contribution < -0.4 is 0 Å². The Morgan fingerprint density at radius 2 is 0.870 bits per heavy atom. The monoisotopic (exact) mass is 691 g/mol. The molecule has 0 saturated heterocycles. The Bertz CT molecular complexity index is 3150. The van der Waals surface area contributed by atoms with Crippen molar-refractivity contribution in [3.05, 3.63) is 175 Å². The molecule has 0 spiro atoms. The fraction of sp³-hybridized carbons (Fsp3) is 0.0600. The highest BCUT2D eigenvalue weighted by Crippen LogP contribution is 2.49. The summed E-state index contributed by atoms with van der Waals surface area (Å²) >= 11 is 0. The number of nitrogens with zero attached hydrogens (tertiary/aromatic N) is 3. The van der Waals surface area contributed by atoms with Gasteiger partial charge in [-0.05, 0) is 97.4 Å². The van der Waals surface area contributed by atoms with Crippen LogP contribution in [0.2, 0.25) is 0 Å². The van der Waals surface area contributed by atoms with Gasteiger partial charge in [0, 0.05) is 32.9 Å². The molecule has 8 aromatic carbocycles. The summed E-state index contributed by atoms with van der Waals surface area (Å²) in [6, 6.07) is 58.1. The number of rotatable bonds is 4. The summed E-state index contributed by atoms with van der Waals surface area (Å²) in [6.07, 6.45) is 0. The van der Waals surface area contributed by atoms with E-state index in [0.29, 0.717) is 17.5 Å². The van der Waals surface area contributed by atoms with Crippen molar-refractivity contribution in [2.45, 2.75) is 19.3 Å². The molecule has 4 heteroatoms. The standard InChI is InChI=1S/C50H33N3O/c1-50(2)43-13-7-5-11-39(43)40-23-21-37(28-44(40)50)48-51-47(52-49(53-48)38-22-24-42-41-12-6-8-14-45(41)54-46(42)29-38)36-20-19-34-26-33(17-18-35(34)27-36)32-16-15-30-9-3-4-10-31(30)25-32/h3-29H,1-2H3. The maximum Gasteiger partial charge on any atom is 0.164 e. The first-order chi connectivity index (χ1) is 26.5. The molecule has 4 nitrogen and oxygen atoms in total. The molecule has 11 rings (SSSR count). The summed E-state index contributed by atoms with van der Waals surface area (Å²) in [5, 5.41) is 6.94. The average Bonchev–Trinajstić information content (AvgIpc) is 3.71. The van der Waals surface area contributed by atoms with Gasteiger partial charge in [-0.1, -0.05) is 135 Å². The van der Waals surface area contributed by atoms with Gasteiger partial charge in [0.15, 0.2) is 17.5 Å². The molecule has 1 aliphatic carbocycles. The Hall–Kier alpha value is -6.91. The molecule has 0 fully saturated rings. The highest BCUT2D eigenvalue weighted by Gasteiger charge is 2.35. The molecule has 0 atom stereocenters. The molecule has 0 unspecified atom stereocenters. The van der Waals surface area contributed by atoms with Crippen molar-refractivity contribution in [1.29, 1.82) is 0 Å². The maximum atomic E-state index is 6.29. The van der Waals surface area contributed by atoms with Crippen molar-refractivity contribution < 1.29 is 4.42 Å². The zero-order chi connectivity index (χ0) is 36.0. The van der Waals surface area contributed by atoms with Crippen LogP contribution in [-0.4, -0.2) is 15.0 Å². The lowest BCUT2D eigenvalue weighted by molar-refractivity contribution is 0.660. The van der Waals surface area contributed by atoms with E-state index in [1.165, 1.54) is 44.2 Å². The van der Waals surface area contributed by atoms with Gasteiger partial charge < -0.3 is 4.42 Å². The largest absolute Gasteiger partial charge is 0.456 e. The first kappa shape index (κ1) is 30.7. The molecule has 1 aliphatic rings. The van der Waals surface area contributed by atoms with Crippen LogP contribution in [0.3, 0.4) is 0 Å². The van der Waals surface area contributed by atoms with Crippen LogP contribution in [0, 0.1) is 0 Å². The van der Waals surface area contributed by atoms with Crippen LogP contribution in [0.25, 0.3) is 99.9 Å². The molecule has 0 amide bonds. The topological polar surface area (TPSA) is 51.8 Å². The lowest BCUT2D eigenvalue weighted by Crippen LogP contribution is -2.15. The average molecular weight is 692 g/mol. The number of para-hydroxylation sites is 1. The van der Waals surface area contributed by atoms with E-state index in [1.54, 1.807) is 0 Å². The van der Waals surface area contributed by atoms with Gasteiger partial charge in [0.05, 0.1) is 0 Å². The van der Waals surface area contributed by atoms with Gasteiger partial charge in [-0.3, -0.25) is 0 Å². The molecule has 54 heavy (non-hydrogen) atoms. The minimum atomic E-state index is -0.142. The molecule has 0 radical (unpaired) electrons. The van der Waals surface area contributed by atoms with Gasteiger partial charge in [-0.2, -0.15) is 0 Å². The molecule has 0 N–H and O–H groups in total. The number of aromatic nitrogens is 3.